The summed E-state index contributed by atoms with van der Waals surface area (Å²) in [6.07, 6.45) is -3.74. The van der Waals surface area contributed by atoms with Gasteiger partial charge in [0.05, 0.1) is 9.92 Å². The number of pyridine rings is 1. The van der Waals surface area contributed by atoms with Crippen LogP contribution in [0.15, 0.2) is 34.3 Å². The molecule has 0 aliphatic rings. The summed E-state index contributed by atoms with van der Waals surface area (Å²) in [6.45, 7) is 3.29. The highest BCUT2D eigenvalue weighted by molar-refractivity contribution is 7.89. The predicted octanol–water partition coefficient (Wildman–Crippen LogP) is 1.32. The maximum Gasteiger partial charge on any atom is 0.490 e. The van der Waals surface area contributed by atoms with Gasteiger partial charge in [0, 0.05) is 17.0 Å². The summed E-state index contributed by atoms with van der Waals surface area (Å²) in [5.74, 6) is -4.44. The van der Waals surface area contributed by atoms with Crippen molar-refractivity contribution in [1.29, 1.82) is 0 Å². The van der Waals surface area contributed by atoms with Crippen molar-refractivity contribution in [3.8, 4) is 0 Å². The molecule has 1 atom stereocenters. The number of hydrazine groups is 1. The third-order valence-electron chi connectivity index (χ3n) is 3.86. The highest BCUT2D eigenvalue weighted by Gasteiger charge is 2.38. The maximum atomic E-state index is 12.5. The molecule has 8 N–H and O–H groups in total. The van der Waals surface area contributed by atoms with Gasteiger partial charge in [-0.05, 0) is 18.1 Å². The van der Waals surface area contributed by atoms with Crippen LogP contribution < -0.4 is 21.7 Å². The molecule has 0 fully saturated rings. The number of carbonyl (C=O) groups is 2. The van der Waals surface area contributed by atoms with Crippen LogP contribution in [0.5, 0.6) is 0 Å². The number of aromatic nitrogens is 1. The third-order valence-corrected chi connectivity index (χ3v) is 5.42. The lowest BCUT2D eigenvalue weighted by Crippen LogP contribution is -2.50. The van der Waals surface area contributed by atoms with E-state index in [1.165, 1.54) is 24.4 Å². The first kappa shape index (κ1) is 28.8. The predicted molar refractivity (Wildman–Crippen MR) is 116 cm³/mol. The van der Waals surface area contributed by atoms with Crippen molar-refractivity contribution in [1.82, 2.24) is 15.2 Å². The molecule has 0 unspecified atom stereocenters. The van der Waals surface area contributed by atoms with Crippen LogP contribution in [0.2, 0.25) is 5.02 Å². The number of hydrogen-bond donors (Lipinski definition) is 6. The Kier molecular flexibility index (Phi) is 9.56. The molecule has 0 aliphatic heterocycles. The summed E-state index contributed by atoms with van der Waals surface area (Å²) in [5.41, 5.74) is 13.1. The van der Waals surface area contributed by atoms with Gasteiger partial charge in [0.2, 0.25) is 0 Å². The zero-order valence-electron chi connectivity index (χ0n) is 17.5. The minimum absolute atomic E-state index is 0.102. The number of nitrogens with one attached hydrogen (secondary N) is 2. The van der Waals surface area contributed by atoms with Crippen LogP contribution in [0.3, 0.4) is 0 Å². The molecule has 0 aliphatic carbocycles. The van der Waals surface area contributed by atoms with Gasteiger partial charge in [-0.1, -0.05) is 31.5 Å². The number of nitrogens with two attached hydrogens (primary N) is 2. The number of sulfonamides is 1. The number of fused-ring (bicyclic) bond motifs is 1. The van der Waals surface area contributed by atoms with Gasteiger partial charge >= 0.3 is 18.1 Å². The Bertz CT molecular complexity index is 1200. The zero-order valence-corrected chi connectivity index (χ0v) is 19.0. The van der Waals surface area contributed by atoms with Crippen molar-refractivity contribution in [2.45, 2.75) is 31.0 Å². The van der Waals surface area contributed by atoms with Gasteiger partial charge in [-0.3, -0.25) is 4.79 Å². The fraction of sp³-hybridized carbons (Fsp3) is 0.294. The molecule has 2 rings (SSSR count). The van der Waals surface area contributed by atoms with E-state index >= 15 is 0 Å². The van der Waals surface area contributed by atoms with Crippen LogP contribution in [0.1, 0.15) is 13.8 Å². The highest BCUT2D eigenvalue weighted by atomic mass is 35.5. The first-order chi connectivity index (χ1) is 15.5. The Balaban J connectivity index is 0.000000718. The van der Waals surface area contributed by atoms with Gasteiger partial charge in [0.15, 0.2) is 11.8 Å². The lowest BCUT2D eigenvalue weighted by atomic mass is 10.1. The Morgan fingerprint density at radius 3 is 2.18 bits per heavy atom. The number of aliphatic imine (C=N–C) groups is 1. The highest BCUT2D eigenvalue weighted by Crippen LogP contribution is 2.31. The second kappa shape index (κ2) is 11.3. The van der Waals surface area contributed by atoms with Crippen molar-refractivity contribution >= 4 is 56.1 Å². The van der Waals surface area contributed by atoms with E-state index in [0.717, 1.165) is 0 Å². The molecular formula is C17H20ClF3N6O6S. The number of guanidine groups is 1. The SMILES string of the molecule is CC(C)[C@H](NNS(=O)(=O)c1ccc2c(Cl)cnc(N=C(N)N)c2c1)C(=O)O.O=C(O)C(F)(F)F. The first-order valence-corrected chi connectivity index (χ1v) is 10.8. The average molecular weight is 529 g/mol. The van der Waals surface area contributed by atoms with E-state index in [9.17, 15) is 26.4 Å². The summed E-state index contributed by atoms with van der Waals surface area (Å²) in [4.78, 5) is 29.9. The molecule has 188 valence electrons. The molecule has 17 heteroatoms. The number of rotatable bonds is 7. The number of benzene rings is 1. The van der Waals surface area contributed by atoms with Gasteiger partial charge in [0.1, 0.15) is 6.04 Å². The average Bonchev–Trinajstić information content (AvgIpc) is 2.69. The molecule has 12 nitrogen and oxygen atoms in total. The molecular weight excluding hydrogens is 509 g/mol. The Hall–Kier alpha value is -3.21. The number of nitrogens with zero attached hydrogens (tertiary/aromatic N) is 2. The second-order valence-electron chi connectivity index (χ2n) is 6.79. The molecule has 0 amide bonds. The Morgan fingerprint density at radius 2 is 1.74 bits per heavy atom. The van der Waals surface area contributed by atoms with E-state index in [0.29, 0.717) is 15.8 Å². The molecule has 1 aromatic carbocycles. The number of aliphatic carboxylic acids is 2. The minimum Gasteiger partial charge on any atom is -0.480 e. The van der Waals surface area contributed by atoms with Crippen LogP contribution in [0.25, 0.3) is 10.8 Å². The molecule has 2 aromatic rings. The molecule has 0 radical (unpaired) electrons. The van der Waals surface area contributed by atoms with Crippen LogP contribution in [0.4, 0.5) is 19.0 Å². The summed E-state index contributed by atoms with van der Waals surface area (Å²) in [5, 5.41) is 17.4. The summed E-state index contributed by atoms with van der Waals surface area (Å²) in [7, 11) is -4.08. The van der Waals surface area contributed by atoms with Crippen molar-refractivity contribution in [2.24, 2.45) is 22.4 Å². The van der Waals surface area contributed by atoms with Crippen molar-refractivity contribution in [3.05, 3.63) is 29.4 Å². The molecule has 1 heterocycles. The lowest BCUT2D eigenvalue weighted by molar-refractivity contribution is -0.192. The fourth-order valence-corrected chi connectivity index (χ4v) is 3.40. The van der Waals surface area contributed by atoms with Gasteiger partial charge in [-0.2, -0.15) is 18.2 Å². The van der Waals surface area contributed by atoms with Crippen molar-refractivity contribution in [2.75, 3.05) is 0 Å². The number of halogens is 4. The second-order valence-corrected chi connectivity index (χ2v) is 8.88. The smallest absolute Gasteiger partial charge is 0.480 e. The van der Waals surface area contributed by atoms with Gasteiger partial charge in [-0.15, -0.1) is 4.83 Å². The standard InChI is InChI=1S/C15H19ClN6O4S.C2HF3O2/c1-7(2)12(14(23)24)21-22-27(25,26)8-3-4-9-10(5-8)13(20-15(17)18)19-6-11(9)16;3-2(4,5)1(6)7/h3-7,12,21-22H,1-2H3,(H,23,24)(H4,17,18,19,20);(H,6,7)/t12-;/m0./s1. The first-order valence-electron chi connectivity index (χ1n) is 8.95. The molecule has 34 heavy (non-hydrogen) atoms. The van der Waals surface area contributed by atoms with E-state index in [-0.39, 0.29) is 22.6 Å². The van der Waals surface area contributed by atoms with E-state index in [4.69, 9.17) is 38.1 Å². The molecule has 0 saturated heterocycles. The van der Waals surface area contributed by atoms with Crippen LogP contribution in [-0.4, -0.2) is 53.7 Å². The van der Waals surface area contributed by atoms with Gasteiger partial charge < -0.3 is 21.7 Å². The van der Waals surface area contributed by atoms with Gasteiger partial charge in [-0.25, -0.2) is 23.6 Å². The number of alkyl halides is 3. The topological polar surface area (TPSA) is 210 Å². The summed E-state index contributed by atoms with van der Waals surface area (Å²) < 4.78 is 56.8. The van der Waals surface area contributed by atoms with E-state index in [1.54, 1.807) is 13.8 Å². The third kappa shape index (κ3) is 7.98. The Labute approximate surface area is 195 Å². The maximum absolute atomic E-state index is 12.5. The normalized spacial score (nSPS) is 12.6. The largest absolute Gasteiger partial charge is 0.490 e. The Morgan fingerprint density at radius 1 is 1.18 bits per heavy atom. The lowest BCUT2D eigenvalue weighted by Gasteiger charge is -2.18. The minimum atomic E-state index is -5.08. The molecule has 1 aromatic heterocycles. The van der Waals surface area contributed by atoms with Crippen molar-refractivity contribution in [3.63, 3.8) is 0 Å². The van der Waals surface area contributed by atoms with E-state index in [1.807, 2.05) is 0 Å². The van der Waals surface area contributed by atoms with E-state index < -0.39 is 34.2 Å². The quantitative estimate of drug-likeness (QED) is 0.172. The summed E-state index contributed by atoms with van der Waals surface area (Å²) >= 11 is 6.09. The number of carboxylic acid groups (broad SMARTS) is 2. The zero-order chi connectivity index (χ0) is 26.4. The van der Waals surface area contributed by atoms with Crippen LogP contribution in [-0.2, 0) is 19.6 Å². The van der Waals surface area contributed by atoms with Crippen molar-refractivity contribution < 1.29 is 41.4 Å². The van der Waals surface area contributed by atoms with Gasteiger partial charge in [0.25, 0.3) is 10.0 Å². The summed E-state index contributed by atoms with van der Waals surface area (Å²) in [6, 6.07) is 3.00. The fourth-order valence-electron chi connectivity index (χ4n) is 2.27. The van der Waals surface area contributed by atoms with E-state index in [2.05, 4.69) is 20.2 Å². The van der Waals surface area contributed by atoms with Crippen LogP contribution >= 0.6 is 11.6 Å². The molecule has 0 spiro atoms. The monoisotopic (exact) mass is 528 g/mol. The van der Waals surface area contributed by atoms with Crippen LogP contribution in [0, 0.1) is 5.92 Å². The number of hydrogen-bond acceptors (Lipinski definition) is 7. The molecule has 0 bridgehead atoms. The number of carboxylic acids is 2. The molecule has 0 saturated carbocycles.